The van der Waals surface area contributed by atoms with E-state index in [2.05, 4.69) is 10.3 Å². The summed E-state index contributed by atoms with van der Waals surface area (Å²) in [6, 6.07) is 9.79. The quantitative estimate of drug-likeness (QED) is 0.851. The first-order chi connectivity index (χ1) is 10.0. The van der Waals surface area contributed by atoms with Crippen LogP contribution in [0.5, 0.6) is 0 Å². The number of carbonyl (C=O) groups excluding carboxylic acids is 1. The van der Waals surface area contributed by atoms with E-state index < -0.39 is 5.97 Å². The zero-order chi connectivity index (χ0) is 15.2. The summed E-state index contributed by atoms with van der Waals surface area (Å²) in [5, 5.41) is 11.6. The second kappa shape index (κ2) is 6.67. The van der Waals surface area contributed by atoms with E-state index in [0.717, 1.165) is 11.6 Å². The predicted molar refractivity (Wildman–Crippen MR) is 80.3 cm³/mol. The topological polar surface area (TPSA) is 79.3 Å². The number of carbonyl (C=O) groups is 2. The number of nitrogens with zero attached hydrogens (tertiary/aromatic N) is 1. The second-order valence-electron chi connectivity index (χ2n) is 4.11. The molecule has 0 unspecified atom stereocenters. The number of aromatic nitrogens is 1. The second-order valence-corrected chi connectivity index (χ2v) is 4.54. The number of nitrogens with one attached hydrogen (secondary N) is 1. The zero-order valence-electron chi connectivity index (χ0n) is 10.8. The van der Waals surface area contributed by atoms with E-state index in [1.807, 2.05) is 0 Å². The van der Waals surface area contributed by atoms with Crippen LogP contribution in [0.2, 0.25) is 5.02 Å². The van der Waals surface area contributed by atoms with Gasteiger partial charge in [0.2, 0.25) is 0 Å². The van der Waals surface area contributed by atoms with Crippen molar-refractivity contribution in [1.29, 1.82) is 0 Å². The Morgan fingerprint density at radius 3 is 2.52 bits per heavy atom. The number of rotatable bonds is 4. The summed E-state index contributed by atoms with van der Waals surface area (Å²) in [4.78, 5) is 26.3. The van der Waals surface area contributed by atoms with Crippen LogP contribution >= 0.6 is 11.6 Å². The Labute approximate surface area is 125 Å². The summed E-state index contributed by atoms with van der Waals surface area (Å²) in [6.45, 7) is 0. The monoisotopic (exact) mass is 302 g/mol. The molecular formula is C15H11ClN2O3. The Hall–Kier alpha value is -2.66. The number of hydrogen-bond donors (Lipinski definition) is 2. The van der Waals surface area contributed by atoms with Gasteiger partial charge in [-0.3, -0.25) is 9.78 Å². The summed E-state index contributed by atoms with van der Waals surface area (Å²) in [6.07, 6.45) is 3.97. The molecule has 6 heteroatoms. The molecule has 0 atom stereocenters. The van der Waals surface area contributed by atoms with Crippen molar-refractivity contribution in [3.05, 3.63) is 65.0 Å². The van der Waals surface area contributed by atoms with Crippen molar-refractivity contribution in [3.8, 4) is 0 Å². The minimum atomic E-state index is -1.01. The molecule has 1 aromatic carbocycles. The Morgan fingerprint density at radius 1 is 1.19 bits per heavy atom. The van der Waals surface area contributed by atoms with Crippen molar-refractivity contribution in [3.63, 3.8) is 0 Å². The lowest BCUT2D eigenvalue weighted by Gasteiger charge is -2.05. The van der Waals surface area contributed by atoms with Crippen LogP contribution in [0.25, 0.3) is 6.08 Å². The molecule has 106 valence electrons. The molecule has 0 aliphatic carbocycles. The molecule has 0 spiro atoms. The zero-order valence-corrected chi connectivity index (χ0v) is 11.5. The average Bonchev–Trinajstić information content (AvgIpc) is 2.46. The SMILES string of the molecule is O=C(O)/C=C/c1ccc(NC(=O)c2cc(Cl)ccn2)cc1. The van der Waals surface area contributed by atoms with Gasteiger partial charge in [0.05, 0.1) is 0 Å². The Morgan fingerprint density at radius 2 is 1.90 bits per heavy atom. The summed E-state index contributed by atoms with van der Waals surface area (Å²) in [5.74, 6) is -1.38. The van der Waals surface area contributed by atoms with Crippen molar-refractivity contribution in [2.24, 2.45) is 0 Å². The van der Waals surface area contributed by atoms with Crippen LogP contribution in [0.1, 0.15) is 16.1 Å². The fraction of sp³-hybridized carbons (Fsp3) is 0. The molecule has 0 bridgehead atoms. The van der Waals surface area contributed by atoms with Crippen molar-refractivity contribution in [1.82, 2.24) is 4.98 Å². The van der Waals surface area contributed by atoms with Crippen molar-refractivity contribution >= 4 is 35.2 Å². The lowest BCUT2D eigenvalue weighted by molar-refractivity contribution is -0.131. The predicted octanol–water partition coefficient (Wildman–Crippen LogP) is 3.09. The molecule has 1 aromatic heterocycles. The molecule has 21 heavy (non-hydrogen) atoms. The number of carboxylic acids is 1. The highest BCUT2D eigenvalue weighted by Crippen LogP contribution is 2.13. The minimum absolute atomic E-state index is 0.220. The highest BCUT2D eigenvalue weighted by atomic mass is 35.5. The summed E-state index contributed by atoms with van der Waals surface area (Å²) in [7, 11) is 0. The molecule has 0 fully saturated rings. The third-order valence-corrected chi connectivity index (χ3v) is 2.78. The van der Waals surface area contributed by atoms with Gasteiger partial charge in [0.1, 0.15) is 5.69 Å². The smallest absolute Gasteiger partial charge is 0.328 e. The maximum absolute atomic E-state index is 11.9. The van der Waals surface area contributed by atoms with Crippen LogP contribution in [-0.2, 0) is 4.79 Å². The molecule has 0 saturated heterocycles. The van der Waals surface area contributed by atoms with Gasteiger partial charge in [0.25, 0.3) is 5.91 Å². The van der Waals surface area contributed by atoms with E-state index in [0.29, 0.717) is 10.7 Å². The van der Waals surface area contributed by atoms with Gasteiger partial charge in [-0.1, -0.05) is 23.7 Å². The lowest BCUT2D eigenvalue weighted by Crippen LogP contribution is -2.13. The average molecular weight is 303 g/mol. The van der Waals surface area contributed by atoms with Crippen LogP contribution < -0.4 is 5.32 Å². The fourth-order valence-electron chi connectivity index (χ4n) is 1.57. The molecule has 1 heterocycles. The van der Waals surface area contributed by atoms with Gasteiger partial charge < -0.3 is 10.4 Å². The van der Waals surface area contributed by atoms with E-state index >= 15 is 0 Å². The maximum Gasteiger partial charge on any atom is 0.328 e. The van der Waals surface area contributed by atoms with Crippen LogP contribution in [0.4, 0.5) is 5.69 Å². The van der Waals surface area contributed by atoms with Gasteiger partial charge in [-0.2, -0.15) is 0 Å². The third kappa shape index (κ3) is 4.43. The maximum atomic E-state index is 11.9. The normalized spacial score (nSPS) is 10.5. The number of pyridine rings is 1. The molecule has 2 N–H and O–H groups in total. The van der Waals surface area contributed by atoms with Crippen molar-refractivity contribution in [2.45, 2.75) is 0 Å². The molecular weight excluding hydrogens is 292 g/mol. The van der Waals surface area contributed by atoms with E-state index in [4.69, 9.17) is 16.7 Å². The largest absolute Gasteiger partial charge is 0.478 e. The molecule has 0 aliphatic rings. The summed E-state index contributed by atoms with van der Waals surface area (Å²) < 4.78 is 0. The summed E-state index contributed by atoms with van der Waals surface area (Å²) >= 11 is 5.80. The number of halogens is 1. The number of aliphatic carboxylic acids is 1. The first-order valence-electron chi connectivity index (χ1n) is 5.98. The highest BCUT2D eigenvalue weighted by molar-refractivity contribution is 6.30. The van der Waals surface area contributed by atoms with Gasteiger partial charge in [0.15, 0.2) is 0 Å². The van der Waals surface area contributed by atoms with Gasteiger partial charge in [0, 0.05) is 23.0 Å². The standard InChI is InChI=1S/C15H11ClN2O3/c16-11-7-8-17-13(9-11)15(21)18-12-4-1-10(2-5-12)3-6-14(19)20/h1-9H,(H,18,21)(H,19,20)/b6-3+. The highest BCUT2D eigenvalue weighted by Gasteiger charge is 2.07. The van der Waals surface area contributed by atoms with Gasteiger partial charge in [-0.05, 0) is 35.9 Å². The number of anilines is 1. The van der Waals surface area contributed by atoms with Crippen molar-refractivity contribution < 1.29 is 14.7 Å². The fourth-order valence-corrected chi connectivity index (χ4v) is 1.73. The number of hydrogen-bond acceptors (Lipinski definition) is 3. The van der Waals surface area contributed by atoms with Crippen LogP contribution in [0.3, 0.4) is 0 Å². The van der Waals surface area contributed by atoms with Crippen LogP contribution in [-0.4, -0.2) is 22.0 Å². The minimum Gasteiger partial charge on any atom is -0.478 e. The molecule has 0 aliphatic heterocycles. The van der Waals surface area contributed by atoms with E-state index in [9.17, 15) is 9.59 Å². The number of carboxylic acid groups (broad SMARTS) is 1. The Bertz CT molecular complexity index is 696. The van der Waals surface area contributed by atoms with Gasteiger partial charge in [-0.15, -0.1) is 0 Å². The molecule has 2 aromatic rings. The van der Waals surface area contributed by atoms with Gasteiger partial charge >= 0.3 is 5.97 Å². The Kier molecular flexibility index (Phi) is 4.68. The van der Waals surface area contributed by atoms with E-state index in [1.54, 1.807) is 30.3 Å². The molecule has 1 amide bonds. The van der Waals surface area contributed by atoms with Crippen LogP contribution in [0.15, 0.2) is 48.7 Å². The van der Waals surface area contributed by atoms with Crippen molar-refractivity contribution in [2.75, 3.05) is 5.32 Å². The number of benzene rings is 1. The summed E-state index contributed by atoms with van der Waals surface area (Å²) in [5.41, 5.74) is 1.52. The molecule has 2 rings (SSSR count). The number of amides is 1. The van der Waals surface area contributed by atoms with Gasteiger partial charge in [-0.25, -0.2) is 4.79 Å². The Balaban J connectivity index is 2.06. The lowest BCUT2D eigenvalue weighted by atomic mass is 10.2. The third-order valence-electron chi connectivity index (χ3n) is 2.54. The first-order valence-corrected chi connectivity index (χ1v) is 6.36. The molecule has 0 saturated carbocycles. The van der Waals surface area contributed by atoms with E-state index in [-0.39, 0.29) is 11.6 Å². The first kappa shape index (κ1) is 14.7. The molecule has 5 nitrogen and oxygen atoms in total. The molecule has 0 radical (unpaired) electrons. The van der Waals surface area contributed by atoms with E-state index in [1.165, 1.54) is 18.3 Å². The van der Waals surface area contributed by atoms with Crippen LogP contribution in [0, 0.1) is 0 Å².